The van der Waals surface area contributed by atoms with E-state index < -0.39 is 0 Å². The average Bonchev–Trinajstić information content (AvgIpc) is 2.84. The molecule has 1 unspecified atom stereocenters. The van der Waals surface area contributed by atoms with Crippen LogP contribution in [0.3, 0.4) is 0 Å². The Bertz CT molecular complexity index is 922. The third kappa shape index (κ3) is 4.88. The fourth-order valence-corrected chi connectivity index (χ4v) is 5.19. The van der Waals surface area contributed by atoms with Crippen LogP contribution < -0.4 is 4.90 Å². The summed E-state index contributed by atoms with van der Waals surface area (Å²) in [7, 11) is 0. The van der Waals surface area contributed by atoms with Crippen LogP contribution in [0, 0.1) is 0 Å². The van der Waals surface area contributed by atoms with Gasteiger partial charge < -0.3 is 9.80 Å². The van der Waals surface area contributed by atoms with Gasteiger partial charge in [-0.1, -0.05) is 43.3 Å². The minimum atomic E-state index is 0.112. The van der Waals surface area contributed by atoms with Crippen LogP contribution >= 0.6 is 0 Å². The number of rotatable bonds is 6. The summed E-state index contributed by atoms with van der Waals surface area (Å²) in [5, 5.41) is 0. The largest absolute Gasteiger partial charge is 0.339 e. The Labute approximate surface area is 192 Å². The van der Waals surface area contributed by atoms with Crippen LogP contribution in [-0.4, -0.2) is 59.9 Å². The number of carbonyl (C=O) groups excluding carboxylic acids is 2. The van der Waals surface area contributed by atoms with Crippen LogP contribution in [0.4, 0.5) is 5.69 Å². The van der Waals surface area contributed by atoms with Crippen molar-refractivity contribution in [1.29, 1.82) is 0 Å². The van der Waals surface area contributed by atoms with E-state index in [1.165, 1.54) is 5.56 Å². The first kappa shape index (κ1) is 22.5. The number of fused-ring (bicyclic) bond motifs is 1. The highest BCUT2D eigenvalue weighted by Gasteiger charge is 2.32. The fourth-order valence-electron chi connectivity index (χ4n) is 5.19. The average molecular weight is 434 g/mol. The summed E-state index contributed by atoms with van der Waals surface area (Å²) < 4.78 is 0. The van der Waals surface area contributed by atoms with Gasteiger partial charge in [-0.3, -0.25) is 14.5 Å². The number of likely N-dealkylation sites (tertiary alicyclic amines) is 1. The monoisotopic (exact) mass is 433 g/mol. The van der Waals surface area contributed by atoms with Crippen molar-refractivity contribution in [2.45, 2.75) is 58.0 Å². The SMILES string of the molecule is CCCN(CC(=O)N1c2ccccc2CCC1C)C1CCN(C(=O)c2ccccc2)CC1. The molecule has 1 atom stereocenters. The Balaban J connectivity index is 1.40. The van der Waals surface area contributed by atoms with Crippen molar-refractivity contribution in [2.24, 2.45) is 0 Å². The molecule has 0 bridgehead atoms. The van der Waals surface area contributed by atoms with E-state index in [1.54, 1.807) is 0 Å². The molecule has 0 saturated carbocycles. The summed E-state index contributed by atoms with van der Waals surface area (Å²) in [6, 6.07) is 18.4. The van der Waals surface area contributed by atoms with Gasteiger partial charge in [-0.05, 0) is 69.3 Å². The summed E-state index contributed by atoms with van der Waals surface area (Å²) in [6.45, 7) is 7.18. The van der Waals surface area contributed by atoms with Crippen molar-refractivity contribution in [3.05, 3.63) is 65.7 Å². The predicted molar refractivity (Wildman–Crippen MR) is 129 cm³/mol. The molecule has 0 N–H and O–H groups in total. The van der Waals surface area contributed by atoms with E-state index in [2.05, 4.69) is 36.9 Å². The van der Waals surface area contributed by atoms with E-state index in [9.17, 15) is 9.59 Å². The zero-order valence-electron chi connectivity index (χ0n) is 19.4. The van der Waals surface area contributed by atoms with Crippen molar-refractivity contribution < 1.29 is 9.59 Å². The molecule has 5 nitrogen and oxygen atoms in total. The van der Waals surface area contributed by atoms with Crippen molar-refractivity contribution in [2.75, 3.05) is 31.1 Å². The van der Waals surface area contributed by atoms with Crippen LogP contribution in [0.1, 0.15) is 55.5 Å². The molecule has 1 fully saturated rings. The lowest BCUT2D eigenvalue weighted by molar-refractivity contribution is -0.121. The normalized spacial score (nSPS) is 19.2. The Morgan fingerprint density at radius 1 is 0.969 bits per heavy atom. The lowest BCUT2D eigenvalue weighted by Crippen LogP contribution is -2.52. The molecule has 2 aromatic carbocycles. The van der Waals surface area contributed by atoms with Crippen molar-refractivity contribution in [3.63, 3.8) is 0 Å². The summed E-state index contributed by atoms with van der Waals surface area (Å²) in [5.74, 6) is 0.307. The number of para-hydroxylation sites is 1. The molecular formula is C27H35N3O2. The molecule has 2 amide bonds. The molecule has 170 valence electrons. The highest BCUT2D eigenvalue weighted by molar-refractivity contribution is 5.96. The zero-order chi connectivity index (χ0) is 22.5. The maximum absolute atomic E-state index is 13.5. The first-order valence-corrected chi connectivity index (χ1v) is 12.1. The number of hydrogen-bond acceptors (Lipinski definition) is 3. The molecule has 2 aliphatic rings. The van der Waals surface area contributed by atoms with Crippen molar-refractivity contribution in [3.8, 4) is 0 Å². The molecule has 0 aromatic heterocycles. The summed E-state index contributed by atoms with van der Waals surface area (Å²) in [4.78, 5) is 32.6. The third-order valence-electron chi connectivity index (χ3n) is 6.93. The molecule has 32 heavy (non-hydrogen) atoms. The van der Waals surface area contributed by atoms with E-state index in [0.717, 1.165) is 63.0 Å². The molecule has 0 aliphatic carbocycles. The molecule has 0 radical (unpaired) electrons. The number of piperidine rings is 1. The first-order chi connectivity index (χ1) is 15.6. The van der Waals surface area contributed by atoms with Gasteiger partial charge in [0.1, 0.15) is 0 Å². The lowest BCUT2D eigenvalue weighted by Gasteiger charge is -2.40. The molecule has 1 saturated heterocycles. The molecule has 2 heterocycles. The van der Waals surface area contributed by atoms with Crippen LogP contribution in [0.2, 0.25) is 0 Å². The number of amides is 2. The quantitative estimate of drug-likeness (QED) is 0.679. The summed E-state index contributed by atoms with van der Waals surface area (Å²) in [5.41, 5.74) is 3.11. The minimum Gasteiger partial charge on any atom is -0.339 e. The Morgan fingerprint density at radius 2 is 1.66 bits per heavy atom. The van der Waals surface area contributed by atoms with Crippen LogP contribution in [-0.2, 0) is 11.2 Å². The van der Waals surface area contributed by atoms with Gasteiger partial charge in [0.25, 0.3) is 5.91 Å². The van der Waals surface area contributed by atoms with E-state index in [-0.39, 0.29) is 17.9 Å². The second-order valence-corrected chi connectivity index (χ2v) is 9.14. The maximum Gasteiger partial charge on any atom is 0.253 e. The summed E-state index contributed by atoms with van der Waals surface area (Å²) in [6.07, 6.45) is 4.89. The zero-order valence-corrected chi connectivity index (χ0v) is 19.4. The van der Waals surface area contributed by atoms with Crippen molar-refractivity contribution in [1.82, 2.24) is 9.80 Å². The van der Waals surface area contributed by atoms with E-state index in [0.29, 0.717) is 12.6 Å². The van der Waals surface area contributed by atoms with Crippen molar-refractivity contribution >= 4 is 17.5 Å². The second-order valence-electron chi connectivity index (χ2n) is 9.14. The van der Waals surface area contributed by atoms with E-state index >= 15 is 0 Å². The van der Waals surface area contributed by atoms with Gasteiger partial charge in [0, 0.05) is 36.4 Å². The van der Waals surface area contributed by atoms with Gasteiger partial charge in [0.2, 0.25) is 5.91 Å². The number of aryl methyl sites for hydroxylation is 1. The number of nitrogens with zero attached hydrogens (tertiary/aromatic N) is 3. The van der Waals surface area contributed by atoms with E-state index in [4.69, 9.17) is 0 Å². The highest BCUT2D eigenvalue weighted by atomic mass is 16.2. The van der Waals surface area contributed by atoms with Gasteiger partial charge in [0.05, 0.1) is 6.54 Å². The predicted octanol–water partition coefficient (Wildman–Crippen LogP) is 4.37. The standard InChI is InChI=1S/C27H35N3O2/c1-3-17-29(20-26(31)30-21(2)13-14-22-9-7-8-12-25(22)30)24-15-18-28(19-16-24)27(32)23-10-5-4-6-11-23/h4-12,21,24H,3,13-20H2,1-2H3. The van der Waals surface area contributed by atoms with Crippen LogP contribution in [0.15, 0.2) is 54.6 Å². The number of carbonyl (C=O) groups is 2. The van der Waals surface area contributed by atoms with Gasteiger partial charge in [-0.25, -0.2) is 0 Å². The van der Waals surface area contributed by atoms with E-state index in [1.807, 2.05) is 46.2 Å². The first-order valence-electron chi connectivity index (χ1n) is 12.1. The van der Waals surface area contributed by atoms with Crippen LogP contribution in [0.5, 0.6) is 0 Å². The molecule has 4 rings (SSSR count). The minimum absolute atomic E-state index is 0.112. The fraction of sp³-hybridized carbons (Fsp3) is 0.481. The molecule has 2 aromatic rings. The second kappa shape index (κ2) is 10.3. The van der Waals surface area contributed by atoms with Crippen LogP contribution in [0.25, 0.3) is 0 Å². The smallest absolute Gasteiger partial charge is 0.253 e. The molecule has 5 heteroatoms. The van der Waals surface area contributed by atoms with Gasteiger partial charge in [-0.15, -0.1) is 0 Å². The number of anilines is 1. The maximum atomic E-state index is 13.5. The molecular weight excluding hydrogens is 398 g/mol. The van der Waals surface area contributed by atoms with Gasteiger partial charge >= 0.3 is 0 Å². The molecule has 2 aliphatic heterocycles. The topological polar surface area (TPSA) is 43.9 Å². The Kier molecular flexibility index (Phi) is 7.26. The van der Waals surface area contributed by atoms with Gasteiger partial charge in [-0.2, -0.15) is 0 Å². The summed E-state index contributed by atoms with van der Waals surface area (Å²) >= 11 is 0. The number of benzene rings is 2. The Hall–Kier alpha value is -2.66. The third-order valence-corrected chi connectivity index (χ3v) is 6.93. The molecule has 0 spiro atoms. The lowest BCUT2D eigenvalue weighted by atomic mass is 9.96. The Morgan fingerprint density at radius 3 is 2.38 bits per heavy atom. The number of hydrogen-bond donors (Lipinski definition) is 0. The highest BCUT2D eigenvalue weighted by Crippen LogP contribution is 2.31. The van der Waals surface area contributed by atoms with Gasteiger partial charge in [0.15, 0.2) is 0 Å².